The lowest BCUT2D eigenvalue weighted by Gasteiger charge is -2.28. The molecule has 0 radical (unpaired) electrons. The summed E-state index contributed by atoms with van der Waals surface area (Å²) in [5, 5.41) is 12.9. The number of halogens is 1. The molecule has 24 heavy (non-hydrogen) atoms. The zero-order chi connectivity index (χ0) is 17.5. The Hall–Kier alpha value is -1.59. The Morgan fingerprint density at radius 1 is 1.33 bits per heavy atom. The zero-order valence-corrected chi connectivity index (χ0v) is 14.6. The summed E-state index contributed by atoms with van der Waals surface area (Å²) < 4.78 is 5.28. The van der Waals surface area contributed by atoms with Crippen molar-refractivity contribution < 1.29 is 19.4 Å². The highest BCUT2D eigenvalue weighted by Gasteiger charge is 2.30. The molecular weight excluding hydrogens is 330 g/mol. The van der Waals surface area contributed by atoms with Crippen LogP contribution >= 0.6 is 11.6 Å². The first-order valence-corrected chi connectivity index (χ1v) is 8.68. The molecule has 1 heterocycles. The van der Waals surface area contributed by atoms with Gasteiger partial charge in [0, 0.05) is 30.7 Å². The van der Waals surface area contributed by atoms with E-state index < -0.39 is 11.9 Å². The minimum absolute atomic E-state index is 0.0513. The molecule has 1 aliphatic rings. The third-order valence-electron chi connectivity index (χ3n) is 4.58. The molecule has 5 nitrogen and oxygen atoms in total. The number of hydrogen-bond donors (Lipinski definition) is 2. The normalized spacial score (nSPS) is 17.9. The standard InChI is InChI=1S/C18H24ClNO4/c1-12(10-14-4-2-3-5-16(14)19)17(21)20-11-15(18(22)23)13-6-8-24-9-7-13/h2-5,12-13,15H,6-11H2,1H3,(H,20,21)(H,22,23). The van der Waals surface area contributed by atoms with Crippen molar-refractivity contribution >= 4 is 23.5 Å². The SMILES string of the molecule is CC(Cc1ccccc1Cl)C(=O)NCC(C(=O)O)C1CCOCC1. The van der Waals surface area contributed by atoms with Gasteiger partial charge in [-0.2, -0.15) is 0 Å². The molecule has 6 heteroatoms. The summed E-state index contributed by atoms with van der Waals surface area (Å²) in [4.78, 5) is 23.8. The van der Waals surface area contributed by atoms with Crippen LogP contribution in [-0.2, 0) is 20.7 Å². The number of carboxylic acids is 1. The van der Waals surface area contributed by atoms with Crippen molar-refractivity contribution in [3.05, 3.63) is 34.9 Å². The summed E-state index contributed by atoms with van der Waals surface area (Å²) in [5.41, 5.74) is 0.918. The monoisotopic (exact) mass is 353 g/mol. The number of carbonyl (C=O) groups excluding carboxylic acids is 1. The first kappa shape index (κ1) is 18.7. The quantitative estimate of drug-likeness (QED) is 0.790. The zero-order valence-electron chi connectivity index (χ0n) is 13.8. The van der Waals surface area contributed by atoms with Gasteiger partial charge in [0.1, 0.15) is 0 Å². The van der Waals surface area contributed by atoms with Gasteiger partial charge in [-0.15, -0.1) is 0 Å². The van der Waals surface area contributed by atoms with E-state index in [4.69, 9.17) is 16.3 Å². The summed E-state index contributed by atoms with van der Waals surface area (Å²) in [6, 6.07) is 7.43. The Labute approximate surface area is 147 Å². The first-order chi connectivity index (χ1) is 11.5. The van der Waals surface area contributed by atoms with Gasteiger partial charge in [-0.05, 0) is 36.8 Å². The summed E-state index contributed by atoms with van der Waals surface area (Å²) in [6.07, 6.45) is 1.98. The van der Waals surface area contributed by atoms with Gasteiger partial charge in [0.05, 0.1) is 5.92 Å². The van der Waals surface area contributed by atoms with Crippen molar-refractivity contribution in [3.63, 3.8) is 0 Å². The highest BCUT2D eigenvalue weighted by Crippen LogP contribution is 2.24. The van der Waals surface area contributed by atoms with Crippen LogP contribution < -0.4 is 5.32 Å². The molecule has 0 aromatic heterocycles. The number of benzene rings is 1. The van der Waals surface area contributed by atoms with Crippen LogP contribution in [0.2, 0.25) is 5.02 Å². The molecule has 0 spiro atoms. The van der Waals surface area contributed by atoms with Crippen molar-refractivity contribution in [1.82, 2.24) is 5.32 Å². The van der Waals surface area contributed by atoms with Gasteiger partial charge < -0.3 is 15.2 Å². The molecule has 1 fully saturated rings. The van der Waals surface area contributed by atoms with Gasteiger partial charge in [-0.25, -0.2) is 0 Å². The Morgan fingerprint density at radius 2 is 2.00 bits per heavy atom. The van der Waals surface area contributed by atoms with E-state index in [1.807, 2.05) is 25.1 Å². The van der Waals surface area contributed by atoms with Gasteiger partial charge in [0.25, 0.3) is 0 Å². The van der Waals surface area contributed by atoms with Crippen LogP contribution in [0.4, 0.5) is 0 Å². The van der Waals surface area contributed by atoms with E-state index in [-0.39, 0.29) is 24.3 Å². The van der Waals surface area contributed by atoms with Crippen LogP contribution in [0.3, 0.4) is 0 Å². The second-order valence-electron chi connectivity index (χ2n) is 6.34. The fourth-order valence-electron chi connectivity index (χ4n) is 3.05. The van der Waals surface area contributed by atoms with Gasteiger partial charge in [-0.1, -0.05) is 36.7 Å². The Bertz CT molecular complexity index is 572. The smallest absolute Gasteiger partial charge is 0.308 e. The van der Waals surface area contributed by atoms with E-state index in [1.165, 1.54) is 0 Å². The van der Waals surface area contributed by atoms with Gasteiger partial charge >= 0.3 is 5.97 Å². The lowest BCUT2D eigenvalue weighted by molar-refractivity contribution is -0.145. The number of ether oxygens (including phenoxy) is 1. The van der Waals surface area contributed by atoms with E-state index in [1.54, 1.807) is 6.07 Å². The van der Waals surface area contributed by atoms with Crippen molar-refractivity contribution in [1.29, 1.82) is 0 Å². The molecule has 2 rings (SSSR count). The molecule has 132 valence electrons. The molecule has 1 aliphatic heterocycles. The van der Waals surface area contributed by atoms with Gasteiger partial charge in [0.15, 0.2) is 0 Å². The van der Waals surface area contributed by atoms with Crippen LogP contribution in [0.25, 0.3) is 0 Å². The van der Waals surface area contributed by atoms with E-state index in [2.05, 4.69) is 5.32 Å². The molecule has 1 saturated heterocycles. The number of aliphatic carboxylic acids is 1. The molecule has 2 unspecified atom stereocenters. The molecular formula is C18H24ClNO4. The fourth-order valence-corrected chi connectivity index (χ4v) is 3.26. The Morgan fingerprint density at radius 3 is 2.62 bits per heavy atom. The third-order valence-corrected chi connectivity index (χ3v) is 4.95. The van der Waals surface area contributed by atoms with Gasteiger partial charge in [0.2, 0.25) is 5.91 Å². The topological polar surface area (TPSA) is 75.6 Å². The van der Waals surface area contributed by atoms with E-state index in [9.17, 15) is 14.7 Å². The van der Waals surface area contributed by atoms with E-state index >= 15 is 0 Å². The molecule has 2 atom stereocenters. The average Bonchev–Trinajstić information content (AvgIpc) is 2.57. The predicted octanol–water partition coefficient (Wildman–Crippen LogP) is 2.76. The van der Waals surface area contributed by atoms with E-state index in [0.717, 1.165) is 18.4 Å². The maximum atomic E-state index is 12.3. The number of rotatable bonds is 7. The summed E-state index contributed by atoms with van der Waals surface area (Å²) in [5.74, 6) is -1.79. The van der Waals surface area contributed by atoms with Crippen LogP contribution in [0.15, 0.2) is 24.3 Å². The maximum Gasteiger partial charge on any atom is 0.308 e. The lowest BCUT2D eigenvalue weighted by atomic mass is 9.86. The fraction of sp³-hybridized carbons (Fsp3) is 0.556. The Balaban J connectivity index is 1.88. The maximum absolute atomic E-state index is 12.3. The number of nitrogens with one attached hydrogen (secondary N) is 1. The number of hydrogen-bond acceptors (Lipinski definition) is 3. The average molecular weight is 354 g/mol. The van der Waals surface area contributed by atoms with Crippen molar-refractivity contribution in [2.45, 2.75) is 26.2 Å². The molecule has 1 amide bonds. The highest BCUT2D eigenvalue weighted by molar-refractivity contribution is 6.31. The van der Waals surface area contributed by atoms with Crippen molar-refractivity contribution in [2.24, 2.45) is 17.8 Å². The number of carboxylic acid groups (broad SMARTS) is 1. The third kappa shape index (κ3) is 5.21. The van der Waals surface area contributed by atoms with Crippen molar-refractivity contribution in [2.75, 3.05) is 19.8 Å². The van der Waals surface area contributed by atoms with Gasteiger partial charge in [-0.3, -0.25) is 9.59 Å². The second kappa shape index (κ2) is 9.04. The van der Waals surface area contributed by atoms with E-state index in [0.29, 0.717) is 24.7 Å². The van der Waals surface area contributed by atoms with Crippen LogP contribution in [0.1, 0.15) is 25.3 Å². The molecule has 0 bridgehead atoms. The van der Waals surface area contributed by atoms with Crippen molar-refractivity contribution in [3.8, 4) is 0 Å². The summed E-state index contributed by atoms with van der Waals surface area (Å²) in [7, 11) is 0. The minimum Gasteiger partial charge on any atom is -0.481 e. The molecule has 1 aromatic rings. The highest BCUT2D eigenvalue weighted by atomic mass is 35.5. The summed E-state index contributed by atoms with van der Waals surface area (Å²) >= 11 is 6.12. The molecule has 0 saturated carbocycles. The van der Waals surface area contributed by atoms with Crippen LogP contribution in [0, 0.1) is 17.8 Å². The number of carbonyl (C=O) groups is 2. The molecule has 0 aliphatic carbocycles. The second-order valence-corrected chi connectivity index (χ2v) is 6.74. The number of amides is 1. The summed E-state index contributed by atoms with van der Waals surface area (Å²) in [6.45, 7) is 3.16. The lowest BCUT2D eigenvalue weighted by Crippen LogP contribution is -2.40. The van der Waals surface area contributed by atoms with Crippen LogP contribution in [-0.4, -0.2) is 36.7 Å². The first-order valence-electron chi connectivity index (χ1n) is 8.30. The Kier molecular flexibility index (Phi) is 7.06. The largest absolute Gasteiger partial charge is 0.481 e. The van der Waals surface area contributed by atoms with Crippen LogP contribution in [0.5, 0.6) is 0 Å². The predicted molar refractivity (Wildman–Crippen MR) is 92.0 cm³/mol. The molecule has 2 N–H and O–H groups in total. The minimum atomic E-state index is -0.860. The molecule has 1 aromatic carbocycles.